The van der Waals surface area contributed by atoms with E-state index in [1.165, 1.54) is 43.9 Å². The van der Waals surface area contributed by atoms with Gasteiger partial charge in [-0.05, 0) is 67.4 Å². The van der Waals surface area contributed by atoms with Crippen LogP contribution < -0.4 is 0 Å². The molecule has 0 spiro atoms. The van der Waals surface area contributed by atoms with Crippen LogP contribution in [0.25, 0.3) is 5.57 Å². The minimum absolute atomic E-state index is 0.345. The highest BCUT2D eigenvalue weighted by Crippen LogP contribution is 2.15. The molecule has 1 atom stereocenters. The van der Waals surface area contributed by atoms with Crippen LogP contribution in [-0.4, -0.2) is 18.0 Å². The van der Waals surface area contributed by atoms with Gasteiger partial charge >= 0.3 is 0 Å². The summed E-state index contributed by atoms with van der Waals surface area (Å²) in [6.07, 6.45) is 9.78. The number of hydrogen-bond donors (Lipinski definition) is 3. The quantitative estimate of drug-likeness (QED) is 0.281. The van der Waals surface area contributed by atoms with Crippen LogP contribution in [0.5, 0.6) is 5.75 Å². The number of phenols is 1. The fraction of sp³-hybridized carbons (Fsp3) is 0.407. The molecule has 0 radical (unpaired) electrons. The number of nitrogens with zero attached hydrogens (tertiary/aromatic N) is 1. The third-order valence-corrected chi connectivity index (χ3v) is 5.21. The van der Waals surface area contributed by atoms with Gasteiger partial charge in [0, 0.05) is 22.9 Å². The van der Waals surface area contributed by atoms with Gasteiger partial charge in [-0.15, -0.1) is 12.6 Å². The van der Waals surface area contributed by atoms with E-state index in [4.69, 9.17) is 10.5 Å². The Morgan fingerprint density at radius 1 is 1.06 bits per heavy atom. The number of allylic oxidation sites excluding steroid dienone is 1. The van der Waals surface area contributed by atoms with E-state index in [0.717, 1.165) is 27.5 Å². The minimum Gasteiger partial charge on any atom is -0.508 e. The molecule has 0 heterocycles. The van der Waals surface area contributed by atoms with Gasteiger partial charge in [0.25, 0.3) is 0 Å². The van der Waals surface area contributed by atoms with Crippen molar-refractivity contribution < 1.29 is 5.11 Å². The van der Waals surface area contributed by atoms with Gasteiger partial charge in [-0.25, -0.2) is 0 Å². The predicted octanol–water partition coefficient (Wildman–Crippen LogP) is 8.29. The number of benzene rings is 2. The average Bonchev–Trinajstić information content (AvgIpc) is 2.75. The van der Waals surface area contributed by atoms with Crippen molar-refractivity contribution >= 4 is 31.1 Å². The van der Waals surface area contributed by atoms with Crippen LogP contribution in [0.1, 0.15) is 69.6 Å². The molecule has 31 heavy (non-hydrogen) atoms. The normalized spacial score (nSPS) is 11.4. The summed E-state index contributed by atoms with van der Waals surface area (Å²) in [7, 11) is 0. The van der Waals surface area contributed by atoms with E-state index in [9.17, 15) is 0 Å². The maximum atomic E-state index is 8.94. The number of nitrogens with one attached hydrogen (secondary N) is 1. The summed E-state index contributed by atoms with van der Waals surface area (Å²) in [5, 5.41) is 16.1. The Kier molecular flexibility index (Phi) is 16.1. The second kappa shape index (κ2) is 17.4. The Bertz CT molecular complexity index is 797. The van der Waals surface area contributed by atoms with E-state index in [1.54, 1.807) is 18.3 Å². The molecule has 2 aromatic carbocycles. The summed E-state index contributed by atoms with van der Waals surface area (Å²) in [6.45, 7) is 14.2. The minimum atomic E-state index is 0.345. The Hall–Kier alpha value is -2.33. The van der Waals surface area contributed by atoms with Crippen LogP contribution >= 0.6 is 12.6 Å². The lowest BCUT2D eigenvalue weighted by atomic mass is 10.00. The monoisotopic (exact) mass is 440 g/mol. The van der Waals surface area contributed by atoms with Crippen molar-refractivity contribution in [2.24, 2.45) is 10.9 Å². The Balaban J connectivity index is 0.000000448. The summed E-state index contributed by atoms with van der Waals surface area (Å²) in [6, 6.07) is 12.9. The van der Waals surface area contributed by atoms with Gasteiger partial charge in [0.15, 0.2) is 0 Å². The first kappa shape index (κ1) is 28.7. The third-order valence-electron chi connectivity index (χ3n) is 4.91. The average molecular weight is 441 g/mol. The smallest absolute Gasteiger partial charge is 0.115 e. The highest BCUT2D eigenvalue weighted by molar-refractivity contribution is 7.80. The number of unbranched alkanes of at least 4 members (excludes halogenated alkanes) is 1. The number of aryl methyl sites for hydroxylation is 2. The van der Waals surface area contributed by atoms with Gasteiger partial charge < -0.3 is 10.5 Å². The second-order valence-electron chi connectivity index (χ2n) is 7.76. The molecular formula is C27H40N2OS. The van der Waals surface area contributed by atoms with Gasteiger partial charge in [0.05, 0.1) is 0 Å². The molecule has 0 saturated carbocycles. The zero-order valence-corrected chi connectivity index (χ0v) is 20.8. The van der Waals surface area contributed by atoms with Crippen molar-refractivity contribution in [2.75, 3.05) is 0 Å². The second-order valence-corrected chi connectivity index (χ2v) is 8.28. The van der Waals surface area contributed by atoms with Crippen LogP contribution in [-0.2, 0) is 0 Å². The lowest BCUT2D eigenvalue weighted by Gasteiger charge is -2.07. The standard InChI is InChI=1S/C10H10N2S.C9H20.C8H10O/c1-12-7-9(6-11)8-2-4-10(13)5-3-8;1-4-6-8-9(3)7-5-2;1-6-3-4-8(9)5-7(6)2/h2-7,11,13H,1H2;9H,4-8H2,1-3H3;3-5,9H,1-2H3/b9-7+,11-6?;;. The number of aliphatic imine (C=N–C) groups is 1. The lowest BCUT2D eigenvalue weighted by Crippen LogP contribution is -1.92. The summed E-state index contributed by atoms with van der Waals surface area (Å²) >= 11 is 4.17. The molecule has 0 aromatic heterocycles. The van der Waals surface area contributed by atoms with Crippen LogP contribution in [0.3, 0.4) is 0 Å². The van der Waals surface area contributed by atoms with Crippen molar-refractivity contribution in [2.45, 2.75) is 71.6 Å². The molecule has 0 aliphatic carbocycles. The molecule has 2 rings (SSSR count). The molecule has 0 fully saturated rings. The Morgan fingerprint density at radius 2 is 1.71 bits per heavy atom. The largest absolute Gasteiger partial charge is 0.508 e. The molecule has 0 aliphatic rings. The number of rotatable bonds is 8. The van der Waals surface area contributed by atoms with Gasteiger partial charge in [-0.3, -0.25) is 4.99 Å². The summed E-state index contributed by atoms with van der Waals surface area (Å²) in [5.74, 6) is 1.31. The zero-order chi connectivity index (χ0) is 23.6. The van der Waals surface area contributed by atoms with Crippen molar-refractivity contribution in [3.63, 3.8) is 0 Å². The van der Waals surface area contributed by atoms with Crippen molar-refractivity contribution in [1.29, 1.82) is 5.41 Å². The fourth-order valence-electron chi connectivity index (χ4n) is 2.86. The SMILES string of the molecule is C=N/C=C(\C=N)c1ccc(S)cc1.CCCCC(C)CCC.Cc1ccc(O)cc1C. The van der Waals surface area contributed by atoms with Crippen molar-refractivity contribution in [1.82, 2.24) is 0 Å². The number of thiol groups is 1. The highest BCUT2D eigenvalue weighted by atomic mass is 32.1. The van der Waals surface area contributed by atoms with E-state index in [1.807, 2.05) is 44.2 Å². The molecule has 0 bridgehead atoms. The molecule has 2 aromatic rings. The molecule has 0 amide bonds. The molecule has 4 heteroatoms. The molecular weight excluding hydrogens is 400 g/mol. The first-order chi connectivity index (χ1) is 14.8. The van der Waals surface area contributed by atoms with Crippen LogP contribution in [0.4, 0.5) is 0 Å². The molecule has 2 N–H and O–H groups in total. The first-order valence-corrected chi connectivity index (χ1v) is 11.5. The fourth-order valence-corrected chi connectivity index (χ4v) is 3.01. The molecule has 0 aliphatic heterocycles. The van der Waals surface area contributed by atoms with Gasteiger partial charge in [0.1, 0.15) is 5.75 Å². The van der Waals surface area contributed by atoms with E-state index in [0.29, 0.717) is 5.75 Å². The van der Waals surface area contributed by atoms with Crippen LogP contribution in [0.2, 0.25) is 0 Å². The van der Waals surface area contributed by atoms with Crippen LogP contribution in [0, 0.1) is 25.2 Å². The van der Waals surface area contributed by atoms with Crippen molar-refractivity contribution in [3.8, 4) is 5.75 Å². The van der Waals surface area contributed by atoms with E-state index in [2.05, 4.69) is 45.1 Å². The van der Waals surface area contributed by atoms with E-state index < -0.39 is 0 Å². The highest BCUT2D eigenvalue weighted by Gasteiger charge is 1.98. The van der Waals surface area contributed by atoms with Gasteiger partial charge in [-0.2, -0.15) is 0 Å². The topological polar surface area (TPSA) is 56.4 Å². The van der Waals surface area contributed by atoms with E-state index in [-0.39, 0.29) is 0 Å². The van der Waals surface area contributed by atoms with E-state index >= 15 is 0 Å². The molecule has 1 unspecified atom stereocenters. The number of hydrogen-bond acceptors (Lipinski definition) is 4. The summed E-state index contributed by atoms with van der Waals surface area (Å²) in [5.41, 5.74) is 4.03. The van der Waals surface area contributed by atoms with Gasteiger partial charge in [0.2, 0.25) is 0 Å². The van der Waals surface area contributed by atoms with Crippen LogP contribution in [0.15, 0.2) is 58.6 Å². The molecule has 3 nitrogen and oxygen atoms in total. The number of phenolic OH excluding ortho intramolecular Hbond substituents is 1. The number of aromatic hydroxyl groups is 1. The zero-order valence-electron chi connectivity index (χ0n) is 19.9. The Morgan fingerprint density at radius 3 is 2.16 bits per heavy atom. The maximum absolute atomic E-state index is 8.94. The first-order valence-electron chi connectivity index (χ1n) is 11.0. The van der Waals surface area contributed by atoms with Crippen molar-refractivity contribution in [3.05, 3.63) is 65.4 Å². The Labute approximate surface area is 195 Å². The summed E-state index contributed by atoms with van der Waals surface area (Å²) < 4.78 is 0. The summed E-state index contributed by atoms with van der Waals surface area (Å²) in [4.78, 5) is 4.53. The predicted molar refractivity (Wildman–Crippen MR) is 141 cm³/mol. The maximum Gasteiger partial charge on any atom is 0.115 e. The molecule has 0 saturated heterocycles. The lowest BCUT2D eigenvalue weighted by molar-refractivity contribution is 0.466. The molecule has 170 valence electrons. The third kappa shape index (κ3) is 13.6. The van der Waals surface area contributed by atoms with Gasteiger partial charge in [-0.1, -0.05) is 71.1 Å².